The van der Waals surface area contributed by atoms with Crippen LogP contribution in [0.15, 0.2) is 11.1 Å². The molecule has 2 saturated carbocycles. The Hall–Kier alpha value is -0.870. The number of ether oxygens (including phenoxy) is 1. The number of allylic oxidation sites excluding steroid dienone is 2. The van der Waals surface area contributed by atoms with Gasteiger partial charge in [-0.25, -0.2) is 4.79 Å². The number of carbonyl (C=O) groups is 1. The van der Waals surface area contributed by atoms with Crippen LogP contribution in [0.2, 0.25) is 0 Å². The number of hydrogen-bond acceptors (Lipinski definition) is 4. The van der Waals surface area contributed by atoms with E-state index >= 15 is 0 Å². The minimum Gasteiger partial charge on any atom is -0.377 e. The molecular weight excluding hydrogens is 244 g/mol. The highest BCUT2D eigenvalue weighted by Crippen LogP contribution is 2.58. The fourth-order valence-electron chi connectivity index (χ4n) is 4.52. The molecule has 0 amide bonds. The van der Waals surface area contributed by atoms with Crippen molar-refractivity contribution in [1.29, 1.82) is 0 Å². The maximum Gasteiger partial charge on any atom is 0.347 e. The van der Waals surface area contributed by atoms with Gasteiger partial charge in [0.1, 0.15) is 0 Å². The second-order valence-electron chi connectivity index (χ2n) is 6.59. The molecule has 1 saturated heterocycles. The van der Waals surface area contributed by atoms with Gasteiger partial charge in [0.25, 0.3) is 0 Å². The summed E-state index contributed by atoms with van der Waals surface area (Å²) < 4.78 is 5.89. The Bertz CT molecular complexity index is 424. The van der Waals surface area contributed by atoms with Crippen LogP contribution in [0.25, 0.3) is 0 Å². The second kappa shape index (κ2) is 4.60. The Morgan fingerprint density at radius 1 is 1.42 bits per heavy atom. The van der Waals surface area contributed by atoms with Gasteiger partial charge in [-0.15, -0.1) is 0 Å². The maximum atomic E-state index is 11.7. The van der Waals surface area contributed by atoms with Gasteiger partial charge in [-0.05, 0) is 51.9 Å². The molecule has 4 nitrogen and oxygen atoms in total. The Kier molecular flexibility index (Phi) is 3.18. The number of rotatable bonds is 1. The predicted molar refractivity (Wildman–Crippen MR) is 69.3 cm³/mol. The van der Waals surface area contributed by atoms with Crippen LogP contribution in [0.4, 0.5) is 0 Å². The van der Waals surface area contributed by atoms with E-state index in [0.717, 1.165) is 25.9 Å². The molecule has 1 aliphatic heterocycles. The van der Waals surface area contributed by atoms with Crippen LogP contribution in [0.3, 0.4) is 0 Å². The first-order valence-corrected chi connectivity index (χ1v) is 7.20. The van der Waals surface area contributed by atoms with Crippen LogP contribution in [0.5, 0.6) is 0 Å². The molecule has 2 bridgehead atoms. The first-order valence-electron chi connectivity index (χ1n) is 7.20. The highest BCUT2D eigenvalue weighted by molar-refractivity contribution is 5.72. The third-order valence-corrected chi connectivity index (χ3v) is 5.49. The second-order valence-corrected chi connectivity index (χ2v) is 6.59. The molecule has 3 aliphatic rings. The highest BCUT2D eigenvalue weighted by Gasteiger charge is 2.55. The Morgan fingerprint density at radius 2 is 2.21 bits per heavy atom. The lowest BCUT2D eigenvalue weighted by atomic mass is 9.74. The van der Waals surface area contributed by atoms with Gasteiger partial charge in [-0.3, -0.25) is 0 Å². The molecule has 4 heteroatoms. The highest BCUT2D eigenvalue weighted by atomic mass is 17.1. The quantitative estimate of drug-likeness (QED) is 0.450. The Labute approximate surface area is 113 Å². The molecule has 1 N–H and O–H groups in total. The maximum absolute atomic E-state index is 11.7. The number of hydrogen-bond donors (Lipinski definition) is 1. The minimum atomic E-state index is -0.527. The summed E-state index contributed by atoms with van der Waals surface area (Å²) in [6.07, 6.45) is 5.00. The van der Waals surface area contributed by atoms with Crippen molar-refractivity contribution in [1.82, 2.24) is 0 Å². The SMILES string of the molecule is CC(C)=C1CCC23CO[C@H](C2)[C@H](C(=O)OO)CCC13. The smallest absolute Gasteiger partial charge is 0.347 e. The normalized spacial score (nSPS) is 40.8. The summed E-state index contributed by atoms with van der Waals surface area (Å²) in [5.74, 6) is -0.270. The van der Waals surface area contributed by atoms with Gasteiger partial charge in [0.2, 0.25) is 0 Å². The van der Waals surface area contributed by atoms with Crippen molar-refractivity contribution in [2.75, 3.05) is 6.61 Å². The predicted octanol–water partition coefficient (Wildman–Crippen LogP) is 2.93. The van der Waals surface area contributed by atoms with Crippen molar-refractivity contribution >= 4 is 5.97 Å². The fraction of sp³-hybridized carbons (Fsp3) is 0.800. The first kappa shape index (κ1) is 13.1. The average Bonchev–Trinajstić information content (AvgIpc) is 2.91. The van der Waals surface area contributed by atoms with E-state index in [9.17, 15) is 4.79 Å². The molecular formula is C15H22O4. The third-order valence-electron chi connectivity index (χ3n) is 5.49. The molecule has 3 fully saturated rings. The van der Waals surface area contributed by atoms with Crippen molar-refractivity contribution < 1.29 is 19.7 Å². The van der Waals surface area contributed by atoms with Gasteiger partial charge in [0.05, 0.1) is 18.6 Å². The summed E-state index contributed by atoms with van der Waals surface area (Å²) in [5.41, 5.74) is 3.23. The number of fused-ring (bicyclic) bond motifs is 1. The van der Waals surface area contributed by atoms with E-state index in [2.05, 4.69) is 18.7 Å². The van der Waals surface area contributed by atoms with Gasteiger partial charge in [-0.1, -0.05) is 11.1 Å². The van der Waals surface area contributed by atoms with Gasteiger partial charge in [0.15, 0.2) is 0 Å². The van der Waals surface area contributed by atoms with Crippen molar-refractivity contribution in [3.63, 3.8) is 0 Å². The summed E-state index contributed by atoms with van der Waals surface area (Å²) in [4.78, 5) is 15.6. The lowest BCUT2D eigenvalue weighted by Gasteiger charge is -2.30. The monoisotopic (exact) mass is 266 g/mol. The topological polar surface area (TPSA) is 55.8 Å². The molecule has 0 aromatic carbocycles. The Morgan fingerprint density at radius 3 is 2.89 bits per heavy atom. The van der Waals surface area contributed by atoms with E-state index in [4.69, 9.17) is 9.99 Å². The molecule has 0 aromatic rings. The van der Waals surface area contributed by atoms with Crippen LogP contribution >= 0.6 is 0 Å². The van der Waals surface area contributed by atoms with Crippen molar-refractivity contribution in [2.24, 2.45) is 17.3 Å². The zero-order valence-corrected chi connectivity index (χ0v) is 11.6. The average molecular weight is 266 g/mol. The molecule has 3 rings (SSSR count). The molecule has 19 heavy (non-hydrogen) atoms. The summed E-state index contributed by atoms with van der Waals surface area (Å²) >= 11 is 0. The standard InChI is InChI=1S/C15H22O4/c1-9(2)10-5-6-15-7-13(18-8-15)11(14(16)19-17)3-4-12(10)15/h11-13,17H,3-8H2,1-2H3/t11-,12?,13-,15?/m1/s1. The van der Waals surface area contributed by atoms with Gasteiger partial charge >= 0.3 is 5.97 Å². The van der Waals surface area contributed by atoms with Crippen LogP contribution in [0.1, 0.15) is 46.0 Å². The third kappa shape index (κ3) is 1.93. The Balaban J connectivity index is 1.90. The molecule has 0 aromatic heterocycles. The lowest BCUT2D eigenvalue weighted by molar-refractivity contribution is -0.242. The number of carbonyl (C=O) groups excluding carboxylic acids is 1. The van der Waals surface area contributed by atoms with E-state index in [0.29, 0.717) is 5.92 Å². The summed E-state index contributed by atoms with van der Waals surface area (Å²) in [6, 6.07) is 0. The molecule has 1 spiro atoms. The summed E-state index contributed by atoms with van der Waals surface area (Å²) in [7, 11) is 0. The van der Waals surface area contributed by atoms with Crippen LogP contribution in [-0.4, -0.2) is 23.9 Å². The summed E-state index contributed by atoms with van der Waals surface area (Å²) in [6.45, 7) is 5.13. The van der Waals surface area contributed by atoms with E-state index < -0.39 is 5.97 Å². The van der Waals surface area contributed by atoms with Crippen molar-refractivity contribution in [3.8, 4) is 0 Å². The van der Waals surface area contributed by atoms with Crippen LogP contribution < -0.4 is 0 Å². The molecule has 1 heterocycles. The first-order chi connectivity index (χ1) is 9.07. The minimum absolute atomic E-state index is 0.0684. The largest absolute Gasteiger partial charge is 0.377 e. The van der Waals surface area contributed by atoms with Crippen LogP contribution in [-0.2, 0) is 14.4 Å². The van der Waals surface area contributed by atoms with E-state index in [-0.39, 0.29) is 17.4 Å². The van der Waals surface area contributed by atoms with Gasteiger partial charge in [-0.2, -0.15) is 5.26 Å². The van der Waals surface area contributed by atoms with Crippen molar-refractivity contribution in [3.05, 3.63) is 11.1 Å². The lowest BCUT2D eigenvalue weighted by Crippen LogP contribution is -2.29. The molecule has 2 unspecified atom stereocenters. The molecule has 0 radical (unpaired) electrons. The fourth-order valence-corrected chi connectivity index (χ4v) is 4.52. The van der Waals surface area contributed by atoms with E-state index in [1.54, 1.807) is 5.57 Å². The zero-order chi connectivity index (χ0) is 13.6. The van der Waals surface area contributed by atoms with Crippen LogP contribution in [0, 0.1) is 17.3 Å². The zero-order valence-electron chi connectivity index (χ0n) is 11.6. The van der Waals surface area contributed by atoms with Gasteiger partial charge in [0, 0.05) is 5.41 Å². The molecule has 4 atom stereocenters. The van der Waals surface area contributed by atoms with Crippen molar-refractivity contribution in [2.45, 2.75) is 52.1 Å². The summed E-state index contributed by atoms with van der Waals surface area (Å²) in [5, 5.41) is 8.63. The van der Waals surface area contributed by atoms with E-state index in [1.807, 2.05) is 0 Å². The molecule has 2 aliphatic carbocycles. The van der Waals surface area contributed by atoms with Gasteiger partial charge < -0.3 is 9.62 Å². The van der Waals surface area contributed by atoms with E-state index in [1.165, 1.54) is 18.4 Å². The molecule has 106 valence electrons.